The maximum Gasteiger partial charge on any atom is 0.305 e. The van der Waals surface area contributed by atoms with Gasteiger partial charge in [0.1, 0.15) is 0 Å². The van der Waals surface area contributed by atoms with Gasteiger partial charge in [0.2, 0.25) is 5.91 Å². The fraction of sp³-hybridized carbons (Fsp3) is 0.357. The molecule has 7 heteroatoms. The van der Waals surface area contributed by atoms with Gasteiger partial charge in [0, 0.05) is 25.3 Å². The van der Waals surface area contributed by atoms with Crippen LogP contribution in [0, 0.1) is 6.92 Å². The smallest absolute Gasteiger partial charge is 0.305 e. The van der Waals surface area contributed by atoms with Crippen molar-refractivity contribution in [2.45, 2.75) is 19.4 Å². The predicted octanol–water partition coefficient (Wildman–Crippen LogP) is 0.437. The van der Waals surface area contributed by atoms with Crippen LogP contribution in [-0.2, 0) is 9.59 Å². The van der Waals surface area contributed by atoms with Crippen molar-refractivity contribution >= 4 is 23.5 Å². The standard InChI is InChI=1S/C14H19N3O4/c1-8-4-5-9(14(21)17(2)3)6-11(8)16-13(20)10(15)7-12(18)19/h4-6,10H,7,15H2,1-3H3,(H,16,20)(H,18,19). The van der Waals surface area contributed by atoms with Crippen molar-refractivity contribution in [3.8, 4) is 0 Å². The Bertz CT molecular complexity index is 569. The van der Waals surface area contributed by atoms with E-state index in [0.717, 1.165) is 5.56 Å². The van der Waals surface area contributed by atoms with Crippen LogP contribution in [0.15, 0.2) is 18.2 Å². The van der Waals surface area contributed by atoms with Crippen LogP contribution in [0.4, 0.5) is 5.69 Å². The molecule has 0 radical (unpaired) electrons. The van der Waals surface area contributed by atoms with Gasteiger partial charge in [-0.15, -0.1) is 0 Å². The molecule has 0 aliphatic heterocycles. The second-order valence-corrected chi connectivity index (χ2v) is 4.92. The van der Waals surface area contributed by atoms with Crippen molar-refractivity contribution in [1.82, 2.24) is 4.90 Å². The van der Waals surface area contributed by atoms with Gasteiger partial charge in [0.25, 0.3) is 5.91 Å². The second-order valence-electron chi connectivity index (χ2n) is 4.92. The first-order valence-corrected chi connectivity index (χ1v) is 6.33. The number of carboxylic acids is 1. The minimum Gasteiger partial charge on any atom is -0.481 e. The fourth-order valence-corrected chi connectivity index (χ4v) is 1.65. The lowest BCUT2D eigenvalue weighted by Gasteiger charge is -2.15. The lowest BCUT2D eigenvalue weighted by Crippen LogP contribution is -2.37. The fourth-order valence-electron chi connectivity index (χ4n) is 1.65. The zero-order valence-electron chi connectivity index (χ0n) is 12.2. The van der Waals surface area contributed by atoms with Crippen LogP contribution in [0.5, 0.6) is 0 Å². The Morgan fingerprint density at radius 2 is 1.95 bits per heavy atom. The molecule has 21 heavy (non-hydrogen) atoms. The molecule has 1 atom stereocenters. The van der Waals surface area contributed by atoms with Gasteiger partial charge >= 0.3 is 5.97 Å². The lowest BCUT2D eigenvalue weighted by molar-refractivity contribution is -0.138. The highest BCUT2D eigenvalue weighted by Crippen LogP contribution is 2.18. The molecule has 0 fully saturated rings. The molecule has 114 valence electrons. The summed E-state index contributed by atoms with van der Waals surface area (Å²) in [5.74, 6) is -1.94. The number of nitrogens with one attached hydrogen (secondary N) is 1. The number of aryl methyl sites for hydroxylation is 1. The molecule has 7 nitrogen and oxygen atoms in total. The molecule has 1 rings (SSSR count). The van der Waals surface area contributed by atoms with E-state index in [1.807, 2.05) is 0 Å². The molecular formula is C14H19N3O4. The van der Waals surface area contributed by atoms with Crippen LogP contribution in [0.25, 0.3) is 0 Å². The number of carboxylic acid groups (broad SMARTS) is 1. The molecule has 1 unspecified atom stereocenters. The third-order valence-electron chi connectivity index (χ3n) is 2.88. The Kier molecular flexibility index (Phi) is 5.43. The van der Waals surface area contributed by atoms with Crippen LogP contribution in [-0.4, -0.2) is 47.9 Å². The SMILES string of the molecule is Cc1ccc(C(=O)N(C)C)cc1NC(=O)C(N)CC(=O)O. The summed E-state index contributed by atoms with van der Waals surface area (Å²) < 4.78 is 0. The number of amides is 2. The molecule has 0 heterocycles. The van der Waals surface area contributed by atoms with Gasteiger partial charge in [0.15, 0.2) is 0 Å². The highest BCUT2D eigenvalue weighted by molar-refractivity contribution is 5.99. The van der Waals surface area contributed by atoms with E-state index in [1.165, 1.54) is 4.90 Å². The maximum absolute atomic E-state index is 11.9. The summed E-state index contributed by atoms with van der Waals surface area (Å²) >= 11 is 0. The Morgan fingerprint density at radius 3 is 2.48 bits per heavy atom. The minimum atomic E-state index is -1.15. The molecule has 0 bridgehead atoms. The van der Waals surface area contributed by atoms with Gasteiger partial charge < -0.3 is 21.1 Å². The Balaban J connectivity index is 2.92. The van der Waals surface area contributed by atoms with E-state index in [1.54, 1.807) is 39.2 Å². The van der Waals surface area contributed by atoms with E-state index in [4.69, 9.17) is 10.8 Å². The van der Waals surface area contributed by atoms with Crippen LogP contribution in [0.3, 0.4) is 0 Å². The van der Waals surface area contributed by atoms with Crippen molar-refractivity contribution < 1.29 is 19.5 Å². The first-order chi connectivity index (χ1) is 9.72. The number of aliphatic carboxylic acids is 1. The number of nitrogens with zero attached hydrogens (tertiary/aromatic N) is 1. The van der Waals surface area contributed by atoms with Crippen LogP contribution in [0.1, 0.15) is 22.3 Å². The molecule has 0 aliphatic rings. The predicted molar refractivity (Wildman–Crippen MR) is 78.1 cm³/mol. The van der Waals surface area contributed by atoms with Gasteiger partial charge in [-0.3, -0.25) is 14.4 Å². The normalized spacial score (nSPS) is 11.6. The quantitative estimate of drug-likeness (QED) is 0.729. The summed E-state index contributed by atoms with van der Waals surface area (Å²) in [6, 6.07) is 3.76. The van der Waals surface area contributed by atoms with Crippen LogP contribution >= 0.6 is 0 Å². The number of hydrogen-bond donors (Lipinski definition) is 3. The summed E-state index contributed by atoms with van der Waals surface area (Å²) in [6.07, 6.45) is -0.457. The van der Waals surface area contributed by atoms with Gasteiger partial charge in [0.05, 0.1) is 12.5 Å². The zero-order valence-corrected chi connectivity index (χ0v) is 12.2. The third-order valence-corrected chi connectivity index (χ3v) is 2.88. The van der Waals surface area contributed by atoms with Crippen molar-refractivity contribution in [3.05, 3.63) is 29.3 Å². The number of carbonyl (C=O) groups excluding carboxylic acids is 2. The number of anilines is 1. The molecule has 0 aliphatic carbocycles. The van der Waals surface area contributed by atoms with Gasteiger partial charge in [-0.05, 0) is 24.6 Å². The first-order valence-electron chi connectivity index (χ1n) is 6.33. The highest BCUT2D eigenvalue weighted by atomic mass is 16.4. The summed E-state index contributed by atoms with van der Waals surface area (Å²) in [5, 5.41) is 11.2. The Hall–Kier alpha value is -2.41. The topological polar surface area (TPSA) is 113 Å². The maximum atomic E-state index is 11.9. The summed E-state index contributed by atoms with van der Waals surface area (Å²) in [4.78, 5) is 35.7. The largest absolute Gasteiger partial charge is 0.481 e. The van der Waals surface area contributed by atoms with Crippen molar-refractivity contribution in [2.24, 2.45) is 5.73 Å². The van der Waals surface area contributed by atoms with Crippen molar-refractivity contribution in [3.63, 3.8) is 0 Å². The van der Waals surface area contributed by atoms with E-state index >= 15 is 0 Å². The molecule has 0 saturated heterocycles. The van der Waals surface area contributed by atoms with Crippen molar-refractivity contribution in [2.75, 3.05) is 19.4 Å². The van der Waals surface area contributed by atoms with E-state index in [-0.39, 0.29) is 5.91 Å². The molecule has 1 aromatic rings. The number of hydrogen-bond acceptors (Lipinski definition) is 4. The van der Waals surface area contributed by atoms with E-state index < -0.39 is 24.3 Å². The van der Waals surface area contributed by atoms with Gasteiger partial charge in [-0.2, -0.15) is 0 Å². The molecule has 1 aromatic carbocycles. The minimum absolute atomic E-state index is 0.194. The Labute approximate surface area is 122 Å². The summed E-state index contributed by atoms with van der Waals surface area (Å²) in [7, 11) is 3.26. The highest BCUT2D eigenvalue weighted by Gasteiger charge is 2.18. The molecule has 0 saturated carbocycles. The number of benzene rings is 1. The zero-order chi connectivity index (χ0) is 16.2. The summed E-state index contributed by atoms with van der Waals surface area (Å²) in [5.41, 5.74) is 7.11. The molecule has 2 amide bonds. The molecule has 4 N–H and O–H groups in total. The third kappa shape index (κ3) is 4.57. The monoisotopic (exact) mass is 293 g/mol. The van der Waals surface area contributed by atoms with Gasteiger partial charge in [-0.1, -0.05) is 6.07 Å². The van der Waals surface area contributed by atoms with Crippen molar-refractivity contribution in [1.29, 1.82) is 0 Å². The first kappa shape index (κ1) is 16.6. The average molecular weight is 293 g/mol. The molecule has 0 aromatic heterocycles. The van der Waals surface area contributed by atoms with E-state index in [9.17, 15) is 14.4 Å². The van der Waals surface area contributed by atoms with E-state index in [0.29, 0.717) is 11.3 Å². The number of nitrogens with two attached hydrogens (primary N) is 1. The van der Waals surface area contributed by atoms with E-state index in [2.05, 4.69) is 5.32 Å². The second kappa shape index (κ2) is 6.85. The van der Waals surface area contributed by atoms with Crippen LogP contribution < -0.4 is 11.1 Å². The van der Waals surface area contributed by atoms with Gasteiger partial charge in [-0.25, -0.2) is 0 Å². The van der Waals surface area contributed by atoms with Crippen LogP contribution in [0.2, 0.25) is 0 Å². The number of carbonyl (C=O) groups is 3. The molecular weight excluding hydrogens is 274 g/mol. The molecule has 0 spiro atoms. The lowest BCUT2D eigenvalue weighted by atomic mass is 10.1. The summed E-state index contributed by atoms with van der Waals surface area (Å²) in [6.45, 7) is 1.77. The number of rotatable bonds is 5. The Morgan fingerprint density at radius 1 is 1.33 bits per heavy atom. The average Bonchev–Trinajstić information content (AvgIpc) is 2.39.